The predicted molar refractivity (Wildman–Crippen MR) is 138 cm³/mol. The molecule has 9 nitrogen and oxygen atoms in total. The highest BCUT2D eigenvalue weighted by atomic mass is 79.9. The summed E-state index contributed by atoms with van der Waals surface area (Å²) in [6.45, 7) is 8.40. The molecule has 3 aliphatic heterocycles. The maximum absolute atomic E-state index is 15.7. The van der Waals surface area contributed by atoms with Crippen molar-refractivity contribution in [3.05, 3.63) is 27.7 Å². The maximum atomic E-state index is 15.7. The van der Waals surface area contributed by atoms with Crippen molar-refractivity contribution in [2.75, 3.05) is 44.3 Å². The third kappa shape index (κ3) is 4.54. The molecule has 0 N–H and O–H groups in total. The molecule has 6 rings (SSSR count). The van der Waals surface area contributed by atoms with Gasteiger partial charge in [-0.2, -0.15) is 0 Å². The van der Waals surface area contributed by atoms with Gasteiger partial charge < -0.3 is 24.2 Å². The Morgan fingerprint density at radius 1 is 1.14 bits per heavy atom. The SMILES string of the molecule is CC(C)(C)OC(=O)N1C[C@@H]2C[C@H]1CN2c1nc(C(=O)N2CCOCC2)nc2c(F)c(Br)c(C3CC3)cc12. The van der Waals surface area contributed by atoms with Gasteiger partial charge in [0.15, 0.2) is 5.82 Å². The number of morpholine rings is 1. The Morgan fingerprint density at radius 3 is 2.49 bits per heavy atom. The Labute approximate surface area is 223 Å². The highest BCUT2D eigenvalue weighted by Gasteiger charge is 2.48. The molecule has 11 heteroatoms. The number of rotatable bonds is 3. The van der Waals surface area contributed by atoms with E-state index in [2.05, 4.69) is 25.8 Å². The Morgan fingerprint density at radius 2 is 1.86 bits per heavy atom. The predicted octanol–water partition coefficient (Wildman–Crippen LogP) is 4.08. The molecule has 1 aliphatic carbocycles. The number of piperazine rings is 1. The first-order valence-corrected chi connectivity index (χ1v) is 13.7. The van der Waals surface area contributed by atoms with Crippen molar-refractivity contribution in [1.29, 1.82) is 0 Å². The van der Waals surface area contributed by atoms with Crippen LogP contribution in [0.1, 0.15) is 62.1 Å². The molecule has 2 atom stereocenters. The third-order valence-electron chi connectivity index (χ3n) is 7.53. The number of likely N-dealkylation sites (tertiary alicyclic amines) is 1. The van der Waals surface area contributed by atoms with Crippen molar-refractivity contribution in [2.45, 2.75) is 63.6 Å². The van der Waals surface area contributed by atoms with Gasteiger partial charge in [-0.15, -0.1) is 0 Å². The summed E-state index contributed by atoms with van der Waals surface area (Å²) in [6, 6.07) is 1.94. The Bertz CT molecular complexity index is 1270. The van der Waals surface area contributed by atoms with Crippen LogP contribution in [-0.4, -0.2) is 88.8 Å². The third-order valence-corrected chi connectivity index (χ3v) is 8.33. The lowest BCUT2D eigenvalue weighted by atomic mass is 10.1. The summed E-state index contributed by atoms with van der Waals surface area (Å²) in [5.74, 6) is 0.0765. The second-order valence-corrected chi connectivity index (χ2v) is 12.2. The van der Waals surface area contributed by atoms with E-state index in [0.717, 1.165) is 24.8 Å². The van der Waals surface area contributed by atoms with Gasteiger partial charge in [-0.1, -0.05) is 0 Å². The van der Waals surface area contributed by atoms with Gasteiger partial charge in [0.25, 0.3) is 5.91 Å². The summed E-state index contributed by atoms with van der Waals surface area (Å²) in [4.78, 5) is 40.9. The number of aromatic nitrogens is 2. The van der Waals surface area contributed by atoms with Gasteiger partial charge in [0.1, 0.15) is 16.9 Å². The van der Waals surface area contributed by atoms with Crippen molar-refractivity contribution in [3.8, 4) is 0 Å². The average Bonchev–Trinajstić information content (AvgIpc) is 3.51. The second kappa shape index (κ2) is 9.04. The van der Waals surface area contributed by atoms with Crippen LogP contribution in [0.2, 0.25) is 0 Å². The fourth-order valence-electron chi connectivity index (χ4n) is 5.59. The smallest absolute Gasteiger partial charge is 0.410 e. The molecular formula is C26H31BrFN5O4. The minimum Gasteiger partial charge on any atom is -0.444 e. The number of anilines is 1. The zero-order valence-electron chi connectivity index (χ0n) is 21.3. The topological polar surface area (TPSA) is 88.1 Å². The van der Waals surface area contributed by atoms with Crippen molar-refractivity contribution in [3.63, 3.8) is 0 Å². The molecule has 3 saturated heterocycles. The first-order chi connectivity index (χ1) is 17.6. The van der Waals surface area contributed by atoms with Crippen LogP contribution in [0.15, 0.2) is 10.5 Å². The number of benzene rings is 1. The Kier molecular flexibility index (Phi) is 6.06. The van der Waals surface area contributed by atoms with Crippen molar-refractivity contribution < 1.29 is 23.5 Å². The Hall–Kier alpha value is -2.53. The lowest BCUT2D eigenvalue weighted by molar-refractivity contribution is 0.0214. The van der Waals surface area contributed by atoms with Crippen LogP contribution in [-0.2, 0) is 9.47 Å². The number of carbonyl (C=O) groups excluding carboxylic acids is 2. The van der Waals surface area contributed by atoms with Crippen LogP contribution in [0.3, 0.4) is 0 Å². The van der Waals surface area contributed by atoms with Crippen LogP contribution in [0.4, 0.5) is 15.0 Å². The molecule has 1 aromatic carbocycles. The van der Waals surface area contributed by atoms with Gasteiger partial charge in [0.2, 0.25) is 5.82 Å². The van der Waals surface area contributed by atoms with E-state index in [0.29, 0.717) is 61.0 Å². The molecular weight excluding hydrogens is 545 g/mol. The number of amides is 2. The van der Waals surface area contributed by atoms with E-state index in [1.807, 2.05) is 26.8 Å². The fourth-order valence-corrected chi connectivity index (χ4v) is 6.22. The molecule has 1 aromatic heterocycles. The zero-order chi connectivity index (χ0) is 26.1. The number of fused-ring (bicyclic) bond motifs is 3. The molecule has 2 bridgehead atoms. The van der Waals surface area contributed by atoms with Gasteiger partial charge in [-0.25, -0.2) is 19.2 Å². The number of halogens is 2. The first kappa shape index (κ1) is 24.8. The molecule has 0 unspecified atom stereocenters. The summed E-state index contributed by atoms with van der Waals surface area (Å²) < 4.78 is 27.1. The number of nitrogens with zero attached hydrogens (tertiary/aromatic N) is 5. The quantitative estimate of drug-likeness (QED) is 0.545. The minimum absolute atomic E-state index is 0.00181. The number of hydrogen-bond acceptors (Lipinski definition) is 7. The number of ether oxygens (including phenoxy) is 2. The van der Waals surface area contributed by atoms with Crippen LogP contribution in [0, 0.1) is 5.82 Å². The number of carbonyl (C=O) groups is 2. The average molecular weight is 576 g/mol. The van der Waals surface area contributed by atoms with Gasteiger partial charge in [0, 0.05) is 31.6 Å². The molecule has 1 saturated carbocycles. The molecule has 4 aliphatic rings. The van der Waals surface area contributed by atoms with E-state index >= 15 is 4.39 Å². The number of hydrogen-bond donors (Lipinski definition) is 0. The highest BCUT2D eigenvalue weighted by Crippen LogP contribution is 2.47. The summed E-state index contributed by atoms with van der Waals surface area (Å²) in [6.07, 6.45) is 2.49. The highest BCUT2D eigenvalue weighted by molar-refractivity contribution is 9.10. The molecule has 4 fully saturated rings. The molecule has 2 aromatic rings. The van der Waals surface area contributed by atoms with E-state index < -0.39 is 11.4 Å². The van der Waals surface area contributed by atoms with Crippen LogP contribution in [0.5, 0.6) is 0 Å². The maximum Gasteiger partial charge on any atom is 0.410 e. The molecule has 0 spiro atoms. The lowest BCUT2D eigenvalue weighted by Gasteiger charge is -2.36. The van der Waals surface area contributed by atoms with Gasteiger partial charge in [-0.05, 0) is 73.5 Å². The lowest BCUT2D eigenvalue weighted by Crippen LogP contribution is -2.50. The minimum atomic E-state index is -0.569. The van der Waals surface area contributed by atoms with E-state index in [1.165, 1.54) is 0 Å². The normalized spacial score (nSPS) is 23.8. The van der Waals surface area contributed by atoms with E-state index in [4.69, 9.17) is 14.5 Å². The van der Waals surface area contributed by atoms with Gasteiger partial charge >= 0.3 is 6.09 Å². The van der Waals surface area contributed by atoms with Crippen LogP contribution < -0.4 is 4.90 Å². The molecule has 4 heterocycles. The second-order valence-electron chi connectivity index (χ2n) is 11.4. The fraction of sp³-hybridized carbons (Fsp3) is 0.615. The first-order valence-electron chi connectivity index (χ1n) is 12.9. The van der Waals surface area contributed by atoms with E-state index in [1.54, 1.807) is 9.80 Å². The standard InChI is InChI=1S/C26H31BrFN5O4/c1-26(2,3)37-25(35)33-13-15-10-16(33)12-32(15)23-18-11-17(14-4-5-14)19(27)20(28)21(18)29-22(30-23)24(34)31-6-8-36-9-7-31/h11,14-16H,4-10,12-13H2,1-3H3/t15-,16-/m0/s1. The largest absolute Gasteiger partial charge is 0.444 e. The summed E-state index contributed by atoms with van der Waals surface area (Å²) >= 11 is 3.45. The van der Waals surface area contributed by atoms with E-state index in [9.17, 15) is 9.59 Å². The van der Waals surface area contributed by atoms with Crippen molar-refractivity contribution in [2.24, 2.45) is 0 Å². The zero-order valence-corrected chi connectivity index (χ0v) is 22.9. The molecule has 198 valence electrons. The molecule has 2 amide bonds. The van der Waals surface area contributed by atoms with Gasteiger partial charge in [0.05, 0.1) is 29.8 Å². The van der Waals surface area contributed by atoms with Crippen LogP contribution in [0.25, 0.3) is 10.9 Å². The summed E-state index contributed by atoms with van der Waals surface area (Å²) in [7, 11) is 0. The summed E-state index contributed by atoms with van der Waals surface area (Å²) in [5, 5.41) is 0.609. The van der Waals surface area contributed by atoms with E-state index in [-0.39, 0.29) is 35.4 Å². The Balaban J connectivity index is 1.39. The molecule has 0 radical (unpaired) electrons. The van der Waals surface area contributed by atoms with Crippen LogP contribution >= 0.6 is 15.9 Å². The van der Waals surface area contributed by atoms with Gasteiger partial charge in [-0.3, -0.25) is 4.79 Å². The van der Waals surface area contributed by atoms with Crippen molar-refractivity contribution in [1.82, 2.24) is 19.8 Å². The van der Waals surface area contributed by atoms with Crippen molar-refractivity contribution >= 4 is 44.7 Å². The summed E-state index contributed by atoms with van der Waals surface area (Å²) in [5.41, 5.74) is 0.492. The molecule has 37 heavy (non-hydrogen) atoms. The monoisotopic (exact) mass is 575 g/mol.